The second-order valence-corrected chi connectivity index (χ2v) is 14.2. The molecule has 3 nitrogen and oxygen atoms in total. The Morgan fingerprint density at radius 2 is 1.64 bits per heavy atom. The Kier molecular flexibility index (Phi) is 5.95. The standard InChI is InChI=1S/C30H50O3/c1-21(8-13-30(32)16-18-33-19-17-30)23-6-7-24-28(23,4)12-10-25-27(3)15-14-26(2,31)20-22(27)9-11-29(24,25)5/h9,21,23-25,31-32H,6-8,10-20H2,1-5H3/t21-,23-,24-,25-,26+,27+,28-,29?/m1/s1. The van der Waals surface area contributed by atoms with Gasteiger partial charge >= 0.3 is 0 Å². The Balaban J connectivity index is 1.33. The Morgan fingerprint density at radius 3 is 2.36 bits per heavy atom. The van der Waals surface area contributed by atoms with Crippen LogP contribution in [0.2, 0.25) is 0 Å². The lowest BCUT2D eigenvalue weighted by Gasteiger charge is -2.64. The minimum Gasteiger partial charge on any atom is -0.390 e. The molecule has 4 aliphatic carbocycles. The van der Waals surface area contributed by atoms with Gasteiger partial charge in [-0.2, -0.15) is 0 Å². The van der Waals surface area contributed by atoms with Gasteiger partial charge in [-0.25, -0.2) is 0 Å². The first-order valence-corrected chi connectivity index (χ1v) is 14.1. The maximum atomic E-state index is 11.0. The molecule has 5 aliphatic rings. The predicted octanol–water partition coefficient (Wildman–Crippen LogP) is 6.66. The average molecular weight is 459 g/mol. The normalized spacial score (nSPS) is 50.0. The van der Waals surface area contributed by atoms with Crippen LogP contribution in [0.1, 0.15) is 112 Å². The summed E-state index contributed by atoms with van der Waals surface area (Å²) in [4.78, 5) is 0. The van der Waals surface area contributed by atoms with E-state index in [-0.39, 0.29) is 5.41 Å². The predicted molar refractivity (Wildman–Crippen MR) is 134 cm³/mol. The summed E-state index contributed by atoms with van der Waals surface area (Å²) in [5, 5.41) is 21.8. The Bertz CT molecular complexity index is 779. The molecule has 1 aliphatic heterocycles. The lowest BCUT2D eigenvalue weighted by Crippen LogP contribution is -2.57. The quantitative estimate of drug-likeness (QED) is 0.463. The maximum Gasteiger partial charge on any atom is 0.0691 e. The van der Waals surface area contributed by atoms with E-state index in [1.54, 1.807) is 5.57 Å². The first-order valence-electron chi connectivity index (χ1n) is 14.1. The van der Waals surface area contributed by atoms with Gasteiger partial charge in [0.15, 0.2) is 0 Å². The van der Waals surface area contributed by atoms with Crippen LogP contribution in [0.5, 0.6) is 0 Å². The van der Waals surface area contributed by atoms with Gasteiger partial charge in [0.05, 0.1) is 11.2 Å². The van der Waals surface area contributed by atoms with Gasteiger partial charge < -0.3 is 14.9 Å². The van der Waals surface area contributed by atoms with Crippen LogP contribution in [-0.4, -0.2) is 34.6 Å². The molecule has 0 aromatic carbocycles. The summed E-state index contributed by atoms with van der Waals surface area (Å²) in [6, 6.07) is 0. The molecule has 1 unspecified atom stereocenters. The summed E-state index contributed by atoms with van der Waals surface area (Å²) in [6.07, 6.45) is 15.9. The highest BCUT2D eigenvalue weighted by Crippen LogP contribution is 2.72. The maximum absolute atomic E-state index is 11.0. The summed E-state index contributed by atoms with van der Waals surface area (Å²) in [6.45, 7) is 13.8. The number of hydrogen-bond acceptors (Lipinski definition) is 3. The number of ether oxygens (including phenoxy) is 1. The Labute approximate surface area is 202 Å². The number of allylic oxidation sites excluding steroid dienone is 1. The van der Waals surface area contributed by atoms with Crippen LogP contribution in [0.3, 0.4) is 0 Å². The highest BCUT2D eigenvalue weighted by Gasteiger charge is 2.64. The van der Waals surface area contributed by atoms with Crippen molar-refractivity contribution in [1.82, 2.24) is 0 Å². The van der Waals surface area contributed by atoms with Crippen molar-refractivity contribution < 1.29 is 14.9 Å². The summed E-state index contributed by atoms with van der Waals surface area (Å²) in [5.41, 5.74) is 1.68. The first-order chi connectivity index (χ1) is 15.4. The van der Waals surface area contributed by atoms with Crippen LogP contribution in [-0.2, 0) is 4.74 Å². The molecule has 5 rings (SSSR count). The fourth-order valence-electron chi connectivity index (χ4n) is 10.1. The monoisotopic (exact) mass is 458 g/mol. The molecule has 0 bridgehead atoms. The van der Waals surface area contributed by atoms with Crippen molar-refractivity contribution in [3.05, 3.63) is 11.6 Å². The van der Waals surface area contributed by atoms with Gasteiger partial charge in [-0.3, -0.25) is 0 Å². The smallest absolute Gasteiger partial charge is 0.0691 e. The van der Waals surface area contributed by atoms with E-state index in [1.807, 2.05) is 6.92 Å². The van der Waals surface area contributed by atoms with Crippen LogP contribution in [0.4, 0.5) is 0 Å². The topological polar surface area (TPSA) is 49.7 Å². The first kappa shape index (κ1) is 24.3. The van der Waals surface area contributed by atoms with Crippen LogP contribution in [0.25, 0.3) is 0 Å². The van der Waals surface area contributed by atoms with E-state index < -0.39 is 11.2 Å². The van der Waals surface area contributed by atoms with Crippen molar-refractivity contribution in [1.29, 1.82) is 0 Å². The average Bonchev–Trinajstić information content (AvgIpc) is 3.12. The lowest BCUT2D eigenvalue weighted by atomic mass is 9.41. The van der Waals surface area contributed by atoms with Gasteiger partial charge in [0, 0.05) is 13.2 Å². The van der Waals surface area contributed by atoms with E-state index in [9.17, 15) is 10.2 Å². The van der Waals surface area contributed by atoms with Gasteiger partial charge in [0.1, 0.15) is 0 Å². The molecule has 0 spiro atoms. The molecule has 4 fully saturated rings. The zero-order chi connectivity index (χ0) is 23.7. The van der Waals surface area contributed by atoms with Gasteiger partial charge in [0.25, 0.3) is 0 Å². The van der Waals surface area contributed by atoms with E-state index in [1.165, 1.54) is 32.1 Å². The second-order valence-electron chi connectivity index (χ2n) is 14.2. The molecule has 1 heterocycles. The van der Waals surface area contributed by atoms with Gasteiger partial charge in [-0.1, -0.05) is 39.3 Å². The van der Waals surface area contributed by atoms with E-state index in [0.29, 0.717) is 16.7 Å². The summed E-state index contributed by atoms with van der Waals surface area (Å²) >= 11 is 0. The fraction of sp³-hybridized carbons (Fsp3) is 0.933. The van der Waals surface area contributed by atoms with Crippen LogP contribution in [0.15, 0.2) is 11.6 Å². The van der Waals surface area contributed by atoms with Crippen LogP contribution in [0, 0.1) is 39.9 Å². The third-order valence-electron chi connectivity index (χ3n) is 12.2. The molecule has 33 heavy (non-hydrogen) atoms. The van der Waals surface area contributed by atoms with Crippen LogP contribution < -0.4 is 0 Å². The third-order valence-corrected chi connectivity index (χ3v) is 12.2. The molecule has 0 aromatic heterocycles. The van der Waals surface area contributed by atoms with E-state index in [4.69, 9.17) is 4.74 Å². The largest absolute Gasteiger partial charge is 0.390 e. The summed E-state index contributed by atoms with van der Waals surface area (Å²) in [7, 11) is 0. The van der Waals surface area contributed by atoms with Crippen LogP contribution >= 0.6 is 0 Å². The molecule has 188 valence electrons. The number of fused-ring (bicyclic) bond motifs is 5. The molecular weight excluding hydrogens is 408 g/mol. The molecule has 8 atom stereocenters. The zero-order valence-electron chi connectivity index (χ0n) is 22.1. The highest BCUT2D eigenvalue weighted by atomic mass is 16.5. The van der Waals surface area contributed by atoms with Crippen molar-refractivity contribution >= 4 is 0 Å². The molecule has 2 N–H and O–H groups in total. The molecular formula is C30H50O3. The van der Waals surface area contributed by atoms with Gasteiger partial charge in [0.2, 0.25) is 0 Å². The lowest BCUT2D eigenvalue weighted by molar-refractivity contribution is -0.122. The molecule has 3 saturated carbocycles. The minimum absolute atomic E-state index is 0.284. The molecule has 3 heteroatoms. The third kappa shape index (κ3) is 3.87. The van der Waals surface area contributed by atoms with Crippen molar-refractivity contribution in [2.75, 3.05) is 13.2 Å². The molecule has 0 radical (unpaired) electrons. The number of aliphatic hydroxyl groups is 2. The van der Waals surface area contributed by atoms with Crippen molar-refractivity contribution in [3.8, 4) is 0 Å². The SMILES string of the molecule is C[C@H](CCC1(O)CCOCC1)[C@H]1CC[C@H]2C3(C)CC=C4C[C@@](C)(O)CC[C@]4(C)[C@H]3CC[C@]12C. The van der Waals surface area contributed by atoms with Gasteiger partial charge in [-0.15, -0.1) is 0 Å². The molecule has 0 amide bonds. The number of hydrogen-bond donors (Lipinski definition) is 2. The minimum atomic E-state index is -0.509. The van der Waals surface area contributed by atoms with Gasteiger partial charge in [-0.05, 0) is 124 Å². The zero-order valence-corrected chi connectivity index (χ0v) is 22.1. The Hall–Kier alpha value is -0.380. The van der Waals surface area contributed by atoms with E-state index >= 15 is 0 Å². The number of rotatable bonds is 4. The fourth-order valence-corrected chi connectivity index (χ4v) is 10.1. The van der Waals surface area contributed by atoms with E-state index in [2.05, 4.69) is 33.8 Å². The Morgan fingerprint density at radius 1 is 0.909 bits per heavy atom. The summed E-state index contributed by atoms with van der Waals surface area (Å²) < 4.78 is 5.50. The summed E-state index contributed by atoms with van der Waals surface area (Å²) in [5.74, 6) is 3.03. The second kappa shape index (κ2) is 8.07. The van der Waals surface area contributed by atoms with Crippen molar-refractivity contribution in [2.24, 2.45) is 39.9 Å². The van der Waals surface area contributed by atoms with E-state index in [0.717, 1.165) is 75.9 Å². The van der Waals surface area contributed by atoms with Crippen molar-refractivity contribution in [3.63, 3.8) is 0 Å². The molecule has 0 aromatic rings. The van der Waals surface area contributed by atoms with Crippen molar-refractivity contribution in [2.45, 2.75) is 123 Å². The molecule has 1 saturated heterocycles. The highest BCUT2D eigenvalue weighted by molar-refractivity contribution is 5.29.